The normalized spacial score (nSPS) is 15.0. The van der Waals surface area contributed by atoms with Gasteiger partial charge in [0.2, 0.25) is 0 Å². The highest BCUT2D eigenvalue weighted by Crippen LogP contribution is 2.40. The van der Waals surface area contributed by atoms with Gasteiger partial charge in [0.05, 0.1) is 11.4 Å². The van der Waals surface area contributed by atoms with Crippen molar-refractivity contribution in [3.8, 4) is 66.8 Å². The van der Waals surface area contributed by atoms with Gasteiger partial charge in [-0.15, -0.1) is 0 Å². The molecule has 0 bridgehead atoms. The molecule has 52 heavy (non-hydrogen) atoms. The van der Waals surface area contributed by atoms with E-state index in [2.05, 4.69) is 118 Å². The Hall–Kier alpha value is -6.59. The van der Waals surface area contributed by atoms with Crippen LogP contribution in [0.15, 0.2) is 181 Å². The molecule has 0 radical (unpaired) electrons. The quantitative estimate of drug-likeness (QED) is 0.169. The van der Waals surface area contributed by atoms with Crippen LogP contribution in [-0.4, -0.2) is 25.6 Å². The molecule has 2 aliphatic rings. The number of benzene rings is 3. The number of hydrogen-bond donors (Lipinski definition) is 0. The van der Waals surface area contributed by atoms with E-state index >= 15 is 0 Å². The molecule has 5 heterocycles. The molecule has 0 N–H and O–H groups in total. The summed E-state index contributed by atoms with van der Waals surface area (Å²) >= 11 is 0. The van der Waals surface area contributed by atoms with Crippen LogP contribution in [0, 0.1) is 5.92 Å². The lowest BCUT2D eigenvalue weighted by Crippen LogP contribution is -2.05. The summed E-state index contributed by atoms with van der Waals surface area (Å²) < 4.78 is 0. The lowest BCUT2D eigenvalue weighted by molar-refractivity contribution is 0.672. The Labute approximate surface area is 303 Å². The number of allylic oxidation sites excluding steroid dienone is 3. The molecule has 1 atom stereocenters. The molecule has 0 saturated heterocycles. The van der Waals surface area contributed by atoms with E-state index < -0.39 is 0 Å². The van der Waals surface area contributed by atoms with Crippen molar-refractivity contribution in [2.45, 2.75) is 19.8 Å². The monoisotopic (exact) mass is 669 g/mol. The molecule has 0 amide bonds. The summed E-state index contributed by atoms with van der Waals surface area (Å²) in [5.74, 6) is 0.486. The molecule has 1 aliphatic carbocycles. The number of aliphatic imine (C=N–C) groups is 1. The molecule has 5 nitrogen and oxygen atoms in total. The van der Waals surface area contributed by atoms with E-state index in [9.17, 15) is 0 Å². The fourth-order valence-electron chi connectivity index (χ4n) is 7.31. The zero-order valence-electron chi connectivity index (χ0n) is 28.8. The average Bonchev–Trinajstić information content (AvgIpc) is 3.68. The first-order chi connectivity index (χ1) is 25.6. The van der Waals surface area contributed by atoms with Gasteiger partial charge in [0.15, 0.2) is 0 Å². The first-order valence-electron chi connectivity index (χ1n) is 17.7. The van der Waals surface area contributed by atoms with Gasteiger partial charge in [0.1, 0.15) is 0 Å². The largest absolute Gasteiger partial charge is 0.264 e. The van der Waals surface area contributed by atoms with Crippen LogP contribution < -0.4 is 0 Å². The van der Waals surface area contributed by atoms with Crippen molar-refractivity contribution in [1.29, 1.82) is 0 Å². The Morgan fingerprint density at radius 3 is 1.12 bits per heavy atom. The molecular weight excluding hydrogens is 635 g/mol. The zero-order chi connectivity index (χ0) is 34.9. The summed E-state index contributed by atoms with van der Waals surface area (Å²) in [4.78, 5) is 23.0. The van der Waals surface area contributed by atoms with Gasteiger partial charge in [0, 0.05) is 78.2 Å². The zero-order valence-corrected chi connectivity index (χ0v) is 28.8. The molecule has 248 valence electrons. The van der Waals surface area contributed by atoms with Crippen LogP contribution in [-0.2, 0) is 0 Å². The molecule has 9 rings (SSSR count). The second-order valence-electron chi connectivity index (χ2n) is 13.5. The van der Waals surface area contributed by atoms with Crippen molar-refractivity contribution in [2.24, 2.45) is 10.9 Å². The topological polar surface area (TPSA) is 63.9 Å². The minimum atomic E-state index is 0.486. The Balaban J connectivity index is 1.26. The van der Waals surface area contributed by atoms with Crippen LogP contribution >= 0.6 is 0 Å². The third kappa shape index (κ3) is 6.29. The fraction of sp³-hybridized carbons (Fsp3) is 0.0851. The van der Waals surface area contributed by atoms with Crippen molar-refractivity contribution in [3.05, 3.63) is 182 Å². The van der Waals surface area contributed by atoms with Crippen molar-refractivity contribution in [1.82, 2.24) is 19.9 Å². The van der Waals surface area contributed by atoms with Gasteiger partial charge in [-0.05, 0) is 153 Å². The highest BCUT2D eigenvalue weighted by atomic mass is 14.8. The van der Waals surface area contributed by atoms with Crippen molar-refractivity contribution >= 4 is 5.71 Å². The highest BCUT2D eigenvalue weighted by Gasteiger charge is 2.25. The van der Waals surface area contributed by atoms with E-state index in [1.165, 1.54) is 5.57 Å². The summed E-state index contributed by atoms with van der Waals surface area (Å²) in [6.07, 6.45) is 21.3. The predicted molar refractivity (Wildman–Crippen MR) is 211 cm³/mol. The Kier molecular flexibility index (Phi) is 8.22. The standard InChI is InChI=1S/C47H35N5/c1-31-7-2-12-46-45(31)26-47(52-46)44-24-42(40-19-36(32-8-3-13-48-27-32)17-37(20-40)33-9-4-14-49-28-33)23-43(25-44)41-21-38(34-10-5-15-50-29-34)18-39(22-41)35-11-6-16-51-30-35/h2-6,8-25,27-31H,7,26H2,1H3. The van der Waals surface area contributed by atoms with Gasteiger partial charge in [-0.1, -0.05) is 37.3 Å². The van der Waals surface area contributed by atoms with Crippen LogP contribution in [0.4, 0.5) is 0 Å². The molecule has 4 aromatic heterocycles. The molecule has 0 spiro atoms. The Morgan fingerprint density at radius 1 is 0.442 bits per heavy atom. The third-order valence-electron chi connectivity index (χ3n) is 10.1. The maximum atomic E-state index is 5.24. The SMILES string of the molecule is CC1CC=CC2=C1CC(c1cc(-c3cc(-c4cccnc4)cc(-c4cccnc4)c3)cc(-c3cc(-c4cccnc4)cc(-c4cccnc4)c3)c1)=N2. The summed E-state index contributed by atoms with van der Waals surface area (Å²) in [5.41, 5.74) is 17.9. The van der Waals surface area contributed by atoms with E-state index in [-0.39, 0.29) is 0 Å². The summed E-state index contributed by atoms with van der Waals surface area (Å²) in [6.45, 7) is 2.31. The lowest BCUT2D eigenvalue weighted by atomic mass is 9.87. The van der Waals surface area contributed by atoms with E-state index in [0.717, 1.165) is 96.6 Å². The summed E-state index contributed by atoms with van der Waals surface area (Å²) in [6, 6.07) is 36.9. The van der Waals surface area contributed by atoms with Gasteiger partial charge in [-0.25, -0.2) is 0 Å². The number of pyridine rings is 4. The summed E-state index contributed by atoms with van der Waals surface area (Å²) in [5, 5.41) is 0. The van der Waals surface area contributed by atoms with Gasteiger partial charge in [-0.3, -0.25) is 24.9 Å². The Morgan fingerprint density at radius 2 is 0.788 bits per heavy atom. The number of aromatic nitrogens is 4. The third-order valence-corrected chi connectivity index (χ3v) is 10.1. The number of hydrogen-bond acceptors (Lipinski definition) is 5. The highest BCUT2D eigenvalue weighted by molar-refractivity contribution is 6.06. The first kappa shape index (κ1) is 31.4. The molecule has 1 aliphatic heterocycles. The number of rotatable bonds is 7. The fourth-order valence-corrected chi connectivity index (χ4v) is 7.31. The van der Waals surface area contributed by atoms with Crippen LogP contribution in [0.5, 0.6) is 0 Å². The van der Waals surface area contributed by atoms with Gasteiger partial charge >= 0.3 is 0 Å². The molecule has 1 unspecified atom stereocenters. The lowest BCUT2D eigenvalue weighted by Gasteiger charge is -2.17. The molecular formula is C47H35N5. The summed E-state index contributed by atoms with van der Waals surface area (Å²) in [7, 11) is 0. The first-order valence-corrected chi connectivity index (χ1v) is 17.7. The molecule has 0 fully saturated rings. The maximum absolute atomic E-state index is 5.24. The van der Waals surface area contributed by atoms with E-state index in [1.807, 2.05) is 73.8 Å². The molecule has 5 heteroatoms. The van der Waals surface area contributed by atoms with Crippen molar-refractivity contribution < 1.29 is 0 Å². The predicted octanol–water partition coefficient (Wildman–Crippen LogP) is 11.3. The van der Waals surface area contributed by atoms with E-state index in [0.29, 0.717) is 5.92 Å². The minimum absolute atomic E-state index is 0.486. The molecule has 7 aromatic rings. The average molecular weight is 670 g/mol. The van der Waals surface area contributed by atoms with Gasteiger partial charge in [-0.2, -0.15) is 0 Å². The van der Waals surface area contributed by atoms with Crippen LogP contribution in [0.25, 0.3) is 66.8 Å². The van der Waals surface area contributed by atoms with E-state index in [1.54, 1.807) is 0 Å². The van der Waals surface area contributed by atoms with Crippen molar-refractivity contribution in [3.63, 3.8) is 0 Å². The maximum Gasteiger partial charge on any atom is 0.0628 e. The van der Waals surface area contributed by atoms with Gasteiger partial charge < -0.3 is 0 Å². The van der Waals surface area contributed by atoms with E-state index in [4.69, 9.17) is 4.99 Å². The second-order valence-corrected chi connectivity index (χ2v) is 13.5. The minimum Gasteiger partial charge on any atom is -0.264 e. The number of nitrogens with zero attached hydrogens (tertiary/aromatic N) is 5. The van der Waals surface area contributed by atoms with Crippen LogP contribution in [0.1, 0.15) is 25.3 Å². The smallest absolute Gasteiger partial charge is 0.0628 e. The van der Waals surface area contributed by atoms with Crippen molar-refractivity contribution in [2.75, 3.05) is 0 Å². The Bertz CT molecular complexity index is 2240. The second kappa shape index (κ2) is 13.6. The van der Waals surface area contributed by atoms with Crippen LogP contribution in [0.3, 0.4) is 0 Å². The van der Waals surface area contributed by atoms with Gasteiger partial charge in [0.25, 0.3) is 0 Å². The molecule has 0 saturated carbocycles. The molecule has 3 aromatic carbocycles. The van der Waals surface area contributed by atoms with Crippen LogP contribution in [0.2, 0.25) is 0 Å².